The summed E-state index contributed by atoms with van der Waals surface area (Å²) in [4.78, 5) is 16.2. The molecule has 0 saturated heterocycles. The van der Waals surface area contributed by atoms with Gasteiger partial charge in [0.05, 0.1) is 6.20 Å². The topological polar surface area (TPSA) is 69.1 Å². The molecule has 2 heterocycles. The van der Waals surface area contributed by atoms with E-state index in [9.17, 15) is 4.79 Å². The van der Waals surface area contributed by atoms with Crippen LogP contribution in [0.2, 0.25) is 0 Å². The number of hydrogen-bond donors (Lipinski definition) is 1. The van der Waals surface area contributed by atoms with Gasteiger partial charge >= 0.3 is 0 Å². The molecule has 1 amide bonds. The highest BCUT2D eigenvalue weighted by Crippen LogP contribution is 2.34. The van der Waals surface area contributed by atoms with Gasteiger partial charge in [-0.2, -0.15) is 0 Å². The Hall–Kier alpha value is -1.33. The Morgan fingerprint density at radius 3 is 2.81 bits per heavy atom. The van der Waals surface area contributed by atoms with Crippen LogP contribution in [0, 0.1) is 0 Å². The van der Waals surface area contributed by atoms with Gasteiger partial charge in [0.25, 0.3) is 0 Å². The van der Waals surface area contributed by atoms with Crippen LogP contribution in [0.3, 0.4) is 0 Å². The van der Waals surface area contributed by atoms with Gasteiger partial charge in [-0.05, 0) is 18.4 Å². The lowest BCUT2D eigenvalue weighted by Gasteiger charge is -2.21. The number of aromatic nitrogens is 1. The molecule has 0 fully saturated rings. The van der Waals surface area contributed by atoms with Gasteiger partial charge in [0, 0.05) is 4.88 Å². The van der Waals surface area contributed by atoms with E-state index < -0.39 is 11.3 Å². The van der Waals surface area contributed by atoms with Gasteiger partial charge in [0.15, 0.2) is 6.39 Å². The zero-order valence-corrected chi connectivity index (χ0v) is 10.2. The maximum absolute atomic E-state index is 11.6. The summed E-state index contributed by atoms with van der Waals surface area (Å²) < 4.78 is 5.18. The maximum atomic E-state index is 11.6. The third-order valence-electron chi connectivity index (χ3n) is 2.43. The molecule has 0 aliphatic carbocycles. The van der Waals surface area contributed by atoms with E-state index in [0.717, 1.165) is 4.88 Å². The van der Waals surface area contributed by atoms with Crippen LogP contribution < -0.4 is 5.73 Å². The van der Waals surface area contributed by atoms with E-state index in [4.69, 9.17) is 10.2 Å². The molecule has 2 aromatic rings. The normalized spacial score (nSPS) is 13.8. The number of rotatable bonds is 3. The van der Waals surface area contributed by atoms with Crippen molar-refractivity contribution >= 4 is 29.7 Å². The van der Waals surface area contributed by atoms with Crippen molar-refractivity contribution in [2.24, 2.45) is 5.73 Å². The van der Waals surface area contributed by atoms with E-state index in [1.54, 1.807) is 6.92 Å². The van der Waals surface area contributed by atoms with Crippen molar-refractivity contribution in [3.05, 3.63) is 40.7 Å². The molecule has 2 rings (SSSR count). The minimum Gasteiger partial charge on any atom is -0.447 e. The summed E-state index contributed by atoms with van der Waals surface area (Å²) in [6.45, 7) is 1.74. The summed E-state index contributed by atoms with van der Waals surface area (Å²) in [5.41, 5.74) is 4.51. The third kappa shape index (κ3) is 1.83. The number of carbonyl (C=O) groups is 1. The minimum atomic E-state index is -0.926. The predicted octanol–water partition coefficient (Wildman–Crippen LogP) is 1.95. The lowest BCUT2D eigenvalue weighted by Crippen LogP contribution is -2.38. The second kappa shape index (κ2) is 4.67. The van der Waals surface area contributed by atoms with Crippen LogP contribution in [-0.4, -0.2) is 10.9 Å². The highest BCUT2D eigenvalue weighted by molar-refractivity contribution is 7.10. The zero-order valence-electron chi connectivity index (χ0n) is 8.54. The van der Waals surface area contributed by atoms with E-state index in [1.165, 1.54) is 23.9 Å². The lowest BCUT2D eigenvalue weighted by atomic mass is 9.85. The monoisotopic (exact) mass is 258 g/mol. The Kier molecular flexibility index (Phi) is 3.72. The molecular weight excluding hydrogens is 248 g/mol. The van der Waals surface area contributed by atoms with Gasteiger partial charge in [-0.3, -0.25) is 4.79 Å². The van der Waals surface area contributed by atoms with Gasteiger partial charge in [0.2, 0.25) is 5.91 Å². The molecule has 0 saturated carbocycles. The highest BCUT2D eigenvalue weighted by atomic mass is 35.5. The first kappa shape index (κ1) is 12.7. The quantitative estimate of drug-likeness (QED) is 0.915. The Balaban J connectivity index is 0.00000128. The first-order chi connectivity index (χ1) is 7.15. The molecule has 0 radical (unpaired) electrons. The number of thiophene rings is 1. The van der Waals surface area contributed by atoms with Gasteiger partial charge in [-0.1, -0.05) is 6.07 Å². The fraction of sp³-hybridized carbons (Fsp3) is 0.200. The molecule has 6 heteroatoms. The molecule has 86 valence electrons. The number of primary amides is 1. The average molecular weight is 259 g/mol. The van der Waals surface area contributed by atoms with Crippen molar-refractivity contribution in [2.75, 3.05) is 0 Å². The summed E-state index contributed by atoms with van der Waals surface area (Å²) in [5.74, 6) is 0.0270. The Bertz CT molecular complexity index is 419. The van der Waals surface area contributed by atoms with E-state index in [0.29, 0.717) is 5.76 Å². The molecule has 1 unspecified atom stereocenters. The zero-order chi connectivity index (χ0) is 10.9. The van der Waals surface area contributed by atoms with Crippen molar-refractivity contribution in [2.45, 2.75) is 12.3 Å². The van der Waals surface area contributed by atoms with Crippen molar-refractivity contribution in [3.8, 4) is 0 Å². The number of nitrogens with zero attached hydrogens (tertiary/aromatic N) is 1. The van der Waals surface area contributed by atoms with Crippen molar-refractivity contribution in [1.29, 1.82) is 0 Å². The van der Waals surface area contributed by atoms with Crippen LogP contribution in [0.1, 0.15) is 17.6 Å². The number of carbonyl (C=O) groups excluding carboxylic acids is 1. The molecule has 0 bridgehead atoms. The number of nitrogens with two attached hydrogens (primary N) is 1. The molecule has 1 atom stereocenters. The van der Waals surface area contributed by atoms with Crippen molar-refractivity contribution < 1.29 is 9.21 Å². The maximum Gasteiger partial charge on any atom is 0.236 e. The second-order valence-corrected chi connectivity index (χ2v) is 4.28. The first-order valence-corrected chi connectivity index (χ1v) is 5.26. The van der Waals surface area contributed by atoms with Crippen LogP contribution >= 0.6 is 23.7 Å². The molecule has 0 aromatic carbocycles. The molecule has 0 aliphatic heterocycles. The molecule has 0 spiro atoms. The van der Waals surface area contributed by atoms with E-state index in [1.807, 2.05) is 17.5 Å². The Morgan fingerprint density at radius 2 is 2.38 bits per heavy atom. The number of oxazole rings is 1. The van der Waals surface area contributed by atoms with Crippen LogP contribution in [0.4, 0.5) is 0 Å². The first-order valence-electron chi connectivity index (χ1n) is 4.38. The van der Waals surface area contributed by atoms with Crippen molar-refractivity contribution in [3.63, 3.8) is 0 Å². The van der Waals surface area contributed by atoms with Crippen LogP contribution in [0.15, 0.2) is 34.5 Å². The molecule has 16 heavy (non-hydrogen) atoms. The summed E-state index contributed by atoms with van der Waals surface area (Å²) >= 11 is 1.47. The standard InChI is InChI=1S/C10H10N2O2S.ClH/c1-10(9(11)13,7-5-12-6-14-7)8-3-2-4-15-8;/h2-6H,1H3,(H2,11,13);1H. The van der Waals surface area contributed by atoms with Gasteiger partial charge in [0.1, 0.15) is 11.2 Å². The molecular formula is C10H11ClN2O2S. The van der Waals surface area contributed by atoms with Gasteiger partial charge < -0.3 is 10.2 Å². The fourth-order valence-electron chi connectivity index (χ4n) is 1.39. The molecule has 0 aliphatic rings. The third-order valence-corrected chi connectivity index (χ3v) is 3.52. The van der Waals surface area contributed by atoms with E-state index in [-0.39, 0.29) is 12.4 Å². The lowest BCUT2D eigenvalue weighted by molar-refractivity contribution is -0.122. The number of halogens is 1. The summed E-state index contributed by atoms with van der Waals surface area (Å²) in [7, 11) is 0. The predicted molar refractivity (Wildman–Crippen MR) is 63.7 cm³/mol. The van der Waals surface area contributed by atoms with Crippen LogP contribution in [0.5, 0.6) is 0 Å². The summed E-state index contributed by atoms with van der Waals surface area (Å²) in [6, 6.07) is 3.73. The van der Waals surface area contributed by atoms with Crippen LogP contribution in [-0.2, 0) is 10.2 Å². The van der Waals surface area contributed by atoms with Crippen molar-refractivity contribution in [1.82, 2.24) is 4.98 Å². The molecule has 4 nitrogen and oxygen atoms in total. The Morgan fingerprint density at radius 1 is 1.62 bits per heavy atom. The summed E-state index contributed by atoms with van der Waals surface area (Å²) in [6.07, 6.45) is 2.81. The van der Waals surface area contributed by atoms with Gasteiger partial charge in [-0.15, -0.1) is 23.7 Å². The largest absolute Gasteiger partial charge is 0.447 e. The smallest absolute Gasteiger partial charge is 0.236 e. The number of hydrogen-bond acceptors (Lipinski definition) is 4. The molecule has 2 aromatic heterocycles. The SMILES string of the molecule is CC(C(N)=O)(c1cnco1)c1cccs1.Cl. The highest BCUT2D eigenvalue weighted by Gasteiger charge is 2.39. The molecule has 2 N–H and O–H groups in total. The second-order valence-electron chi connectivity index (χ2n) is 3.33. The van der Waals surface area contributed by atoms with Crippen LogP contribution in [0.25, 0.3) is 0 Å². The average Bonchev–Trinajstić information content (AvgIpc) is 2.89. The van der Waals surface area contributed by atoms with E-state index in [2.05, 4.69) is 4.98 Å². The minimum absolute atomic E-state index is 0. The fourth-order valence-corrected chi connectivity index (χ4v) is 2.29. The summed E-state index contributed by atoms with van der Waals surface area (Å²) in [5, 5.41) is 1.90. The number of amides is 1. The Labute approximate surface area is 103 Å². The van der Waals surface area contributed by atoms with Gasteiger partial charge in [-0.25, -0.2) is 4.98 Å². The van der Waals surface area contributed by atoms with E-state index >= 15 is 0 Å².